The van der Waals surface area contributed by atoms with Gasteiger partial charge in [-0.25, -0.2) is 9.97 Å². The number of terminal acetylenes is 1. The maximum atomic E-state index is 11.5. The number of aromatic nitrogens is 2. The third-order valence-corrected chi connectivity index (χ3v) is 3.12. The van der Waals surface area contributed by atoms with Crippen molar-refractivity contribution in [3.63, 3.8) is 0 Å². The van der Waals surface area contributed by atoms with Crippen molar-refractivity contribution in [1.82, 2.24) is 15.3 Å². The van der Waals surface area contributed by atoms with Crippen molar-refractivity contribution < 1.29 is 4.79 Å². The number of rotatable bonds is 5. The highest BCUT2D eigenvalue weighted by atomic mass is 32.2. The topological polar surface area (TPSA) is 54.9 Å². The molecule has 1 heterocycles. The van der Waals surface area contributed by atoms with Crippen molar-refractivity contribution in [2.45, 2.75) is 31.8 Å². The molecular formula is C13H17N3OS. The highest BCUT2D eigenvalue weighted by molar-refractivity contribution is 7.98. The van der Waals surface area contributed by atoms with Crippen LogP contribution in [0.3, 0.4) is 0 Å². The molecule has 0 unspecified atom stereocenters. The Labute approximate surface area is 112 Å². The molecule has 0 atom stereocenters. The molecule has 18 heavy (non-hydrogen) atoms. The standard InChI is InChI=1S/C13H17N3OS/c1-5-8-14-12(17)7-6-11-9(2)15-13(18-4)16-10(11)3/h1H,6-8H2,2-4H3,(H,14,17). The second kappa shape index (κ2) is 7.02. The summed E-state index contributed by atoms with van der Waals surface area (Å²) in [7, 11) is 0. The van der Waals surface area contributed by atoms with Gasteiger partial charge in [-0.1, -0.05) is 17.7 Å². The molecule has 1 rings (SSSR count). The lowest BCUT2D eigenvalue weighted by atomic mass is 10.1. The van der Waals surface area contributed by atoms with Crippen LogP contribution in [-0.2, 0) is 11.2 Å². The molecule has 1 aromatic rings. The van der Waals surface area contributed by atoms with Crippen molar-refractivity contribution in [2.24, 2.45) is 0 Å². The van der Waals surface area contributed by atoms with E-state index in [1.54, 1.807) is 0 Å². The molecule has 4 nitrogen and oxygen atoms in total. The first kappa shape index (κ1) is 14.5. The van der Waals surface area contributed by atoms with E-state index in [1.165, 1.54) is 11.8 Å². The minimum Gasteiger partial charge on any atom is -0.345 e. The van der Waals surface area contributed by atoms with Gasteiger partial charge in [0.15, 0.2) is 5.16 Å². The summed E-state index contributed by atoms with van der Waals surface area (Å²) in [6.45, 7) is 4.17. The zero-order chi connectivity index (χ0) is 13.5. The van der Waals surface area contributed by atoms with Gasteiger partial charge in [-0.3, -0.25) is 4.79 Å². The average molecular weight is 263 g/mol. The van der Waals surface area contributed by atoms with Crippen LogP contribution in [-0.4, -0.2) is 28.7 Å². The van der Waals surface area contributed by atoms with Crippen molar-refractivity contribution in [3.05, 3.63) is 17.0 Å². The molecule has 0 saturated heterocycles. The molecule has 0 bridgehead atoms. The Kier molecular flexibility index (Phi) is 5.66. The monoisotopic (exact) mass is 263 g/mol. The zero-order valence-electron chi connectivity index (χ0n) is 10.9. The van der Waals surface area contributed by atoms with Crippen LogP contribution in [0.2, 0.25) is 0 Å². The fourth-order valence-corrected chi connectivity index (χ4v) is 2.09. The van der Waals surface area contributed by atoms with Crippen molar-refractivity contribution in [1.29, 1.82) is 0 Å². The molecule has 0 fully saturated rings. The normalized spacial score (nSPS) is 9.89. The first-order valence-corrected chi connectivity index (χ1v) is 6.89. The number of carbonyl (C=O) groups excluding carboxylic acids is 1. The average Bonchev–Trinajstić information content (AvgIpc) is 2.34. The van der Waals surface area contributed by atoms with Crippen LogP contribution < -0.4 is 5.32 Å². The van der Waals surface area contributed by atoms with Gasteiger partial charge in [-0.15, -0.1) is 6.42 Å². The van der Waals surface area contributed by atoms with Crippen LogP contribution in [0.1, 0.15) is 23.4 Å². The lowest BCUT2D eigenvalue weighted by molar-refractivity contribution is -0.120. The molecule has 96 valence electrons. The molecule has 1 N–H and O–H groups in total. The predicted molar refractivity (Wildman–Crippen MR) is 73.5 cm³/mol. The quantitative estimate of drug-likeness (QED) is 0.497. The second-order valence-corrected chi connectivity index (χ2v) is 4.61. The minimum atomic E-state index is -0.0410. The van der Waals surface area contributed by atoms with Crippen molar-refractivity contribution >= 4 is 17.7 Å². The van der Waals surface area contributed by atoms with E-state index in [2.05, 4.69) is 21.2 Å². The number of amides is 1. The number of nitrogens with one attached hydrogen (secondary N) is 1. The summed E-state index contributed by atoms with van der Waals surface area (Å²) in [6, 6.07) is 0. The Balaban J connectivity index is 2.68. The second-order valence-electron chi connectivity index (χ2n) is 3.84. The number of hydrogen-bond acceptors (Lipinski definition) is 4. The summed E-state index contributed by atoms with van der Waals surface area (Å²) in [4.78, 5) is 20.2. The number of carbonyl (C=O) groups is 1. The SMILES string of the molecule is C#CCNC(=O)CCc1c(C)nc(SC)nc1C. The Bertz CT molecular complexity index is 457. The molecular weight excluding hydrogens is 246 g/mol. The highest BCUT2D eigenvalue weighted by Gasteiger charge is 2.10. The van der Waals surface area contributed by atoms with E-state index in [-0.39, 0.29) is 12.5 Å². The Hall–Kier alpha value is -1.54. The van der Waals surface area contributed by atoms with E-state index in [0.29, 0.717) is 12.8 Å². The van der Waals surface area contributed by atoms with Crippen LogP contribution in [0, 0.1) is 26.2 Å². The van der Waals surface area contributed by atoms with E-state index >= 15 is 0 Å². The Morgan fingerprint density at radius 1 is 1.39 bits per heavy atom. The maximum absolute atomic E-state index is 11.5. The number of nitrogens with zero attached hydrogens (tertiary/aromatic N) is 2. The third kappa shape index (κ3) is 4.04. The van der Waals surface area contributed by atoms with E-state index in [1.807, 2.05) is 20.1 Å². The van der Waals surface area contributed by atoms with Crippen LogP contribution in [0.15, 0.2) is 5.16 Å². The fourth-order valence-electron chi connectivity index (χ4n) is 1.64. The van der Waals surface area contributed by atoms with Crippen molar-refractivity contribution in [2.75, 3.05) is 12.8 Å². The van der Waals surface area contributed by atoms with Gasteiger partial charge in [-0.2, -0.15) is 0 Å². The fraction of sp³-hybridized carbons (Fsp3) is 0.462. The van der Waals surface area contributed by atoms with E-state index in [9.17, 15) is 4.79 Å². The Morgan fingerprint density at radius 3 is 2.50 bits per heavy atom. The van der Waals surface area contributed by atoms with Crippen LogP contribution in [0.25, 0.3) is 0 Å². The first-order chi connectivity index (χ1) is 8.58. The van der Waals surface area contributed by atoms with Gasteiger partial charge < -0.3 is 5.32 Å². The minimum absolute atomic E-state index is 0.0410. The molecule has 1 amide bonds. The van der Waals surface area contributed by atoms with Gasteiger partial charge in [-0.05, 0) is 32.1 Å². The van der Waals surface area contributed by atoms with Crippen LogP contribution in [0.4, 0.5) is 0 Å². The number of aryl methyl sites for hydroxylation is 2. The molecule has 0 aliphatic heterocycles. The number of hydrogen-bond donors (Lipinski definition) is 1. The van der Waals surface area contributed by atoms with Gasteiger partial charge in [0, 0.05) is 17.8 Å². The van der Waals surface area contributed by atoms with E-state index in [4.69, 9.17) is 6.42 Å². The van der Waals surface area contributed by atoms with E-state index < -0.39 is 0 Å². The highest BCUT2D eigenvalue weighted by Crippen LogP contribution is 2.16. The Morgan fingerprint density at radius 2 is 2.00 bits per heavy atom. The summed E-state index contributed by atoms with van der Waals surface area (Å²) in [5.41, 5.74) is 2.93. The summed E-state index contributed by atoms with van der Waals surface area (Å²) in [5, 5.41) is 3.41. The van der Waals surface area contributed by atoms with Gasteiger partial charge in [0.25, 0.3) is 0 Å². The summed E-state index contributed by atoms with van der Waals surface area (Å²) in [6.07, 6.45) is 8.07. The van der Waals surface area contributed by atoms with Crippen LogP contribution >= 0.6 is 11.8 Å². The maximum Gasteiger partial charge on any atom is 0.221 e. The smallest absolute Gasteiger partial charge is 0.221 e. The summed E-state index contributed by atoms with van der Waals surface area (Å²) >= 11 is 1.52. The molecule has 0 saturated carbocycles. The van der Waals surface area contributed by atoms with Crippen LogP contribution in [0.5, 0.6) is 0 Å². The summed E-state index contributed by atoms with van der Waals surface area (Å²) < 4.78 is 0. The lowest BCUT2D eigenvalue weighted by Crippen LogP contribution is -2.24. The zero-order valence-corrected chi connectivity index (χ0v) is 11.7. The third-order valence-electron chi connectivity index (χ3n) is 2.57. The first-order valence-electron chi connectivity index (χ1n) is 5.66. The molecule has 0 spiro atoms. The molecule has 5 heteroatoms. The molecule has 0 radical (unpaired) electrons. The van der Waals surface area contributed by atoms with E-state index in [0.717, 1.165) is 22.1 Å². The van der Waals surface area contributed by atoms with Crippen molar-refractivity contribution in [3.8, 4) is 12.3 Å². The molecule has 1 aromatic heterocycles. The molecule has 0 aliphatic rings. The predicted octanol–water partition coefficient (Wildman–Crippen LogP) is 1.50. The summed E-state index contributed by atoms with van der Waals surface area (Å²) in [5.74, 6) is 2.33. The molecule has 0 aliphatic carbocycles. The van der Waals surface area contributed by atoms with Gasteiger partial charge in [0.05, 0.1) is 6.54 Å². The number of thioether (sulfide) groups is 1. The van der Waals surface area contributed by atoms with Gasteiger partial charge in [0.2, 0.25) is 5.91 Å². The lowest BCUT2D eigenvalue weighted by Gasteiger charge is -2.09. The van der Waals surface area contributed by atoms with Gasteiger partial charge in [0.1, 0.15) is 0 Å². The molecule has 0 aromatic carbocycles. The largest absolute Gasteiger partial charge is 0.345 e. The van der Waals surface area contributed by atoms with Gasteiger partial charge >= 0.3 is 0 Å².